The van der Waals surface area contributed by atoms with Crippen molar-refractivity contribution < 1.29 is 37.7 Å². The summed E-state index contributed by atoms with van der Waals surface area (Å²) >= 11 is 0. The van der Waals surface area contributed by atoms with Crippen LogP contribution in [0.2, 0.25) is 0 Å². The van der Waals surface area contributed by atoms with Gasteiger partial charge in [-0.05, 0) is 45.2 Å². The third kappa shape index (κ3) is 5.97. The number of H-pyrrole nitrogens is 1. The van der Waals surface area contributed by atoms with Crippen molar-refractivity contribution in [2.45, 2.75) is 69.4 Å². The molecule has 2 fully saturated rings. The number of ether oxygens (including phenoxy) is 2. The fraction of sp³-hybridized carbons (Fsp3) is 0.522. The van der Waals surface area contributed by atoms with Gasteiger partial charge in [0.2, 0.25) is 0 Å². The first-order valence-electron chi connectivity index (χ1n) is 11.7. The summed E-state index contributed by atoms with van der Waals surface area (Å²) < 4.78 is 45.8. The third-order valence-electron chi connectivity index (χ3n) is 6.29. The predicted molar refractivity (Wildman–Crippen MR) is 126 cm³/mol. The molecule has 1 saturated heterocycles. The molecule has 14 heteroatoms. The molecular formula is C23H28FN3O9P+. The average molecular weight is 540 g/mol. The van der Waals surface area contributed by atoms with Gasteiger partial charge >= 0.3 is 19.8 Å². The molecule has 0 radical (unpaired) electrons. The Morgan fingerprint density at radius 1 is 1.32 bits per heavy atom. The fourth-order valence-corrected chi connectivity index (χ4v) is 4.79. The van der Waals surface area contributed by atoms with E-state index in [-0.39, 0.29) is 11.9 Å². The number of carbonyl (C=O) groups excluding carboxylic acids is 1. The van der Waals surface area contributed by atoms with Gasteiger partial charge in [-0.3, -0.25) is 24.0 Å². The number of rotatable bonds is 10. The molecule has 2 N–H and O–H groups in total. The molecule has 6 atom stereocenters. The molecule has 0 amide bonds. The van der Waals surface area contributed by atoms with E-state index in [0.29, 0.717) is 0 Å². The molecule has 37 heavy (non-hydrogen) atoms. The van der Waals surface area contributed by atoms with Gasteiger partial charge < -0.3 is 14.6 Å². The highest BCUT2D eigenvalue weighted by atomic mass is 31.1. The summed E-state index contributed by atoms with van der Waals surface area (Å²) in [6.07, 6.45) is -1.48. The first-order valence-corrected chi connectivity index (χ1v) is 12.9. The number of benzene rings is 1. The number of carbonyl (C=O) groups is 1. The van der Waals surface area contributed by atoms with Crippen molar-refractivity contribution in [3.63, 3.8) is 0 Å². The Morgan fingerprint density at radius 3 is 2.65 bits per heavy atom. The van der Waals surface area contributed by atoms with Crippen molar-refractivity contribution >= 4 is 14.1 Å². The highest BCUT2D eigenvalue weighted by Crippen LogP contribution is 2.41. The summed E-state index contributed by atoms with van der Waals surface area (Å²) in [7, 11) is -2.79. The van der Waals surface area contributed by atoms with Gasteiger partial charge in [-0.1, -0.05) is 18.2 Å². The molecule has 0 bridgehead atoms. The Hall–Kier alpha value is -2.96. The van der Waals surface area contributed by atoms with Crippen LogP contribution in [0.3, 0.4) is 0 Å². The number of aromatic amines is 1. The third-order valence-corrected chi connectivity index (χ3v) is 7.44. The Kier molecular flexibility index (Phi) is 8.20. The van der Waals surface area contributed by atoms with Crippen LogP contribution in [0.25, 0.3) is 0 Å². The van der Waals surface area contributed by atoms with E-state index in [2.05, 4.69) is 0 Å². The maximum Gasteiger partial charge on any atom is 0.693 e. The van der Waals surface area contributed by atoms with E-state index in [9.17, 15) is 24.1 Å². The first kappa shape index (κ1) is 27.1. The van der Waals surface area contributed by atoms with Gasteiger partial charge in [-0.2, -0.15) is 0 Å². The molecule has 12 nitrogen and oxygen atoms in total. The van der Waals surface area contributed by atoms with Crippen molar-refractivity contribution in [3.8, 4) is 5.75 Å². The van der Waals surface area contributed by atoms with Crippen molar-refractivity contribution in [1.29, 1.82) is 0 Å². The number of esters is 1. The summed E-state index contributed by atoms with van der Waals surface area (Å²) in [5, 5.41) is 10.6. The van der Waals surface area contributed by atoms with Crippen LogP contribution in [0.15, 0.2) is 52.2 Å². The monoisotopic (exact) mass is 540 g/mol. The molecule has 0 spiro atoms. The van der Waals surface area contributed by atoms with Crippen LogP contribution in [-0.4, -0.2) is 62.1 Å². The van der Waals surface area contributed by atoms with Gasteiger partial charge in [-0.25, -0.2) is 13.7 Å². The molecule has 200 valence electrons. The lowest BCUT2D eigenvalue weighted by Crippen LogP contribution is -2.44. The molecule has 1 aliphatic carbocycles. The quantitative estimate of drug-likeness (QED) is 0.260. The standard InChI is InChI=1S/C23H27FN3O9P/c1-14(20(30)34-15-9-6-10-15)27(37(32)36-16-7-4-3-5-8-16)33-13-17-19(29)23(2,24)21(35-17)26-12-11-18(28)25-22(26)31/h3-5,7-8,11-12,14-15,17,19,21,29H,6,9-10,13H2,1-2H3/p+1/t14?,17-,19-,21-,23-/m1/s1. The Morgan fingerprint density at radius 2 is 2.03 bits per heavy atom. The summed E-state index contributed by atoms with van der Waals surface area (Å²) in [5.41, 5.74) is -4.07. The highest BCUT2D eigenvalue weighted by molar-refractivity contribution is 7.36. The van der Waals surface area contributed by atoms with Gasteiger partial charge in [0.15, 0.2) is 23.7 Å². The lowest BCUT2D eigenvalue weighted by Gasteiger charge is -2.27. The topological polar surface area (TPSA) is 149 Å². The number of nitrogens with zero attached hydrogens (tertiary/aromatic N) is 2. The van der Waals surface area contributed by atoms with Crippen molar-refractivity contribution in [3.05, 3.63) is 63.4 Å². The number of alkyl halides is 1. The number of aromatic nitrogens is 2. The number of aliphatic hydroxyl groups excluding tert-OH is 1. The van der Waals surface area contributed by atoms with Crippen LogP contribution in [0.1, 0.15) is 39.3 Å². The number of nitrogens with one attached hydrogen (secondary N) is 1. The molecule has 1 aliphatic heterocycles. The highest BCUT2D eigenvalue weighted by Gasteiger charge is 2.56. The Balaban J connectivity index is 1.50. The van der Waals surface area contributed by atoms with Crippen molar-refractivity contribution in [2.75, 3.05) is 6.61 Å². The summed E-state index contributed by atoms with van der Waals surface area (Å²) in [6, 6.07) is 8.04. The summed E-state index contributed by atoms with van der Waals surface area (Å²) in [4.78, 5) is 44.6. The van der Waals surface area contributed by atoms with Crippen LogP contribution in [0.5, 0.6) is 5.75 Å². The maximum atomic E-state index is 15.5. The van der Waals surface area contributed by atoms with Crippen LogP contribution in [0.4, 0.5) is 4.39 Å². The zero-order valence-electron chi connectivity index (χ0n) is 20.2. The summed E-state index contributed by atoms with van der Waals surface area (Å²) in [5.74, 6) is -0.437. The van der Waals surface area contributed by atoms with E-state index >= 15 is 4.39 Å². The number of hydroxylamine groups is 1. The molecular weight excluding hydrogens is 512 g/mol. The minimum Gasteiger partial charge on any atom is -0.461 e. The molecule has 2 aliphatic rings. The minimum atomic E-state index is -2.79. The van der Waals surface area contributed by atoms with Gasteiger partial charge in [-0.15, -0.1) is 0 Å². The van der Waals surface area contributed by atoms with Gasteiger partial charge in [0.25, 0.3) is 5.56 Å². The molecule has 1 aromatic heterocycles. The van der Waals surface area contributed by atoms with Crippen LogP contribution in [0, 0.1) is 0 Å². The molecule has 2 aromatic rings. The molecule has 1 aromatic carbocycles. The second kappa shape index (κ2) is 11.2. The van der Waals surface area contributed by atoms with Crippen LogP contribution < -0.4 is 15.8 Å². The number of halogens is 1. The van der Waals surface area contributed by atoms with Gasteiger partial charge in [0, 0.05) is 16.8 Å². The lowest BCUT2D eigenvalue weighted by molar-refractivity contribution is -0.186. The van der Waals surface area contributed by atoms with Gasteiger partial charge in [0.1, 0.15) is 24.9 Å². The molecule has 2 heterocycles. The smallest absolute Gasteiger partial charge is 0.461 e. The Labute approximate surface area is 211 Å². The number of aliphatic hydroxyl groups is 1. The largest absolute Gasteiger partial charge is 0.693 e. The SMILES string of the molecule is CC(C(=O)OC1CCC1)N(OC[C@H]1O[C@@H](n2ccc(=O)[nH]c2=O)[C@](C)(F)[C@@H]1O)[P+](=O)Oc1ccccc1. The zero-order valence-corrected chi connectivity index (χ0v) is 21.1. The first-order chi connectivity index (χ1) is 17.6. The molecule has 2 unspecified atom stereocenters. The van der Waals surface area contributed by atoms with E-state index in [1.165, 1.54) is 6.92 Å². The number of hydrogen-bond acceptors (Lipinski definition) is 9. The van der Waals surface area contributed by atoms with E-state index in [1.807, 2.05) is 4.98 Å². The number of para-hydroxylation sites is 1. The van der Waals surface area contributed by atoms with E-state index in [4.69, 9.17) is 18.8 Å². The second-order valence-electron chi connectivity index (χ2n) is 9.05. The molecule has 1 saturated carbocycles. The van der Waals surface area contributed by atoms with E-state index in [0.717, 1.165) is 47.9 Å². The fourth-order valence-electron chi connectivity index (χ4n) is 3.87. The van der Waals surface area contributed by atoms with Crippen LogP contribution in [-0.2, 0) is 23.7 Å². The maximum absolute atomic E-state index is 15.5. The lowest BCUT2D eigenvalue weighted by atomic mass is 9.96. The predicted octanol–water partition coefficient (Wildman–Crippen LogP) is 1.98. The second-order valence-corrected chi connectivity index (χ2v) is 10.1. The minimum absolute atomic E-state index is 0.228. The van der Waals surface area contributed by atoms with E-state index < -0.39 is 62.2 Å². The average Bonchev–Trinajstić information content (AvgIpc) is 3.05. The van der Waals surface area contributed by atoms with E-state index in [1.54, 1.807) is 30.3 Å². The van der Waals surface area contributed by atoms with Gasteiger partial charge in [0.05, 0.1) is 4.83 Å². The van der Waals surface area contributed by atoms with Crippen LogP contribution >= 0.6 is 8.18 Å². The summed E-state index contributed by atoms with van der Waals surface area (Å²) in [6.45, 7) is 1.90. The molecule has 4 rings (SSSR count). The normalized spacial score (nSPS) is 26.9. The van der Waals surface area contributed by atoms with Crippen molar-refractivity contribution in [1.82, 2.24) is 14.4 Å². The van der Waals surface area contributed by atoms with Crippen molar-refractivity contribution in [2.24, 2.45) is 0 Å². The number of hydrogen-bond donors (Lipinski definition) is 2. The Bertz CT molecular complexity index is 1230. The zero-order chi connectivity index (χ0) is 26.7.